The predicted molar refractivity (Wildman–Crippen MR) is 133 cm³/mol. The number of rotatable bonds is 7. The third-order valence-electron chi connectivity index (χ3n) is 6.27. The molecular weight excluding hydrogens is 506 g/mol. The number of alkyl halides is 2. The Morgan fingerprint density at radius 1 is 1.11 bits per heavy atom. The second-order valence-electron chi connectivity index (χ2n) is 8.61. The summed E-state index contributed by atoms with van der Waals surface area (Å²) in [5.41, 5.74) is 1.24. The molecule has 2 fully saturated rings. The number of nitriles is 1. The molecular formula is C22H20F2N10S2. The molecule has 2 aliphatic rings. The number of nitrogens with zero attached hydrogens (tertiary/aromatic N) is 9. The van der Waals surface area contributed by atoms with Crippen molar-refractivity contribution in [2.45, 2.75) is 29.7 Å². The number of piperazine rings is 1. The summed E-state index contributed by atoms with van der Waals surface area (Å²) in [6, 6.07) is 10.2. The lowest BCUT2D eigenvalue weighted by Crippen LogP contribution is -2.47. The van der Waals surface area contributed by atoms with Gasteiger partial charge in [0.25, 0.3) is 6.43 Å². The first-order valence-electron chi connectivity index (χ1n) is 11.3. The fraction of sp³-hybridized carbons (Fsp3) is 0.364. The molecule has 0 amide bonds. The Balaban J connectivity index is 1.33. The van der Waals surface area contributed by atoms with Gasteiger partial charge in [-0.1, -0.05) is 11.3 Å². The highest BCUT2D eigenvalue weighted by Crippen LogP contribution is 2.40. The molecule has 1 saturated carbocycles. The summed E-state index contributed by atoms with van der Waals surface area (Å²) in [6.07, 6.45) is 2.34. The fourth-order valence-electron chi connectivity index (χ4n) is 4.11. The summed E-state index contributed by atoms with van der Waals surface area (Å²) in [6.45, 7) is 3.06. The summed E-state index contributed by atoms with van der Waals surface area (Å²) in [4.78, 5) is 5.38. The molecule has 0 radical (unpaired) electrons. The molecule has 1 aromatic carbocycles. The maximum absolute atomic E-state index is 13.1. The normalized spacial score (nSPS) is 17.1. The standard InChI is InChI=1S/C22H20F2N10S2/c23-19(24)20-29-30-21(35-20)34-17-11-14(36-31-22(13-25)3-4-22)10-16(15(17)12-27-34)32-6-8-33(9-7-32)18-2-1-5-26-28-18/h1-2,5,10-12,19,31H,3-4,6-9H2. The van der Waals surface area contributed by atoms with E-state index < -0.39 is 12.0 Å². The molecule has 184 valence electrons. The minimum absolute atomic E-state index is 0.282. The van der Waals surface area contributed by atoms with E-state index in [2.05, 4.69) is 52.2 Å². The van der Waals surface area contributed by atoms with Crippen molar-refractivity contribution < 1.29 is 8.78 Å². The highest BCUT2D eigenvalue weighted by Gasteiger charge is 2.43. The number of hydrogen-bond acceptors (Lipinski definition) is 11. The van der Waals surface area contributed by atoms with Crippen LogP contribution in [0, 0.1) is 11.3 Å². The first-order valence-corrected chi connectivity index (χ1v) is 13.0. The zero-order valence-electron chi connectivity index (χ0n) is 18.9. The Labute approximate surface area is 213 Å². The third-order valence-corrected chi connectivity index (χ3v) is 8.14. The van der Waals surface area contributed by atoms with Crippen LogP contribution in [-0.4, -0.2) is 61.9 Å². The molecule has 0 spiro atoms. The molecule has 6 rings (SSSR count). The quantitative estimate of drug-likeness (QED) is 0.359. The van der Waals surface area contributed by atoms with Gasteiger partial charge in [0.2, 0.25) is 5.13 Å². The van der Waals surface area contributed by atoms with Crippen LogP contribution in [0.15, 0.2) is 41.6 Å². The van der Waals surface area contributed by atoms with Gasteiger partial charge in [-0.05, 0) is 49.1 Å². The van der Waals surface area contributed by atoms with Gasteiger partial charge >= 0.3 is 0 Å². The highest BCUT2D eigenvalue weighted by atomic mass is 32.2. The molecule has 3 aromatic heterocycles. The molecule has 1 N–H and O–H groups in total. The molecule has 1 aliphatic carbocycles. The minimum Gasteiger partial charge on any atom is -0.367 e. The van der Waals surface area contributed by atoms with Crippen molar-refractivity contribution in [2.75, 3.05) is 36.0 Å². The maximum atomic E-state index is 13.1. The van der Waals surface area contributed by atoms with E-state index in [1.807, 2.05) is 18.2 Å². The number of fused-ring (bicyclic) bond motifs is 1. The Morgan fingerprint density at radius 3 is 2.58 bits per heavy atom. The Bertz CT molecular complexity index is 1420. The summed E-state index contributed by atoms with van der Waals surface area (Å²) >= 11 is 2.22. The van der Waals surface area contributed by atoms with Gasteiger partial charge in [-0.3, -0.25) is 0 Å². The van der Waals surface area contributed by atoms with Crippen LogP contribution < -0.4 is 14.5 Å². The van der Waals surface area contributed by atoms with E-state index in [4.69, 9.17) is 0 Å². The lowest BCUT2D eigenvalue weighted by molar-refractivity contribution is 0.150. The van der Waals surface area contributed by atoms with Gasteiger partial charge in [0.15, 0.2) is 10.8 Å². The predicted octanol–water partition coefficient (Wildman–Crippen LogP) is 3.58. The molecule has 4 aromatic rings. The second-order valence-corrected chi connectivity index (χ2v) is 10.5. The number of anilines is 2. The summed E-state index contributed by atoms with van der Waals surface area (Å²) in [7, 11) is 0. The number of nitrogens with one attached hydrogen (secondary N) is 1. The van der Waals surface area contributed by atoms with Crippen LogP contribution in [0.2, 0.25) is 0 Å². The van der Waals surface area contributed by atoms with Crippen LogP contribution in [0.1, 0.15) is 24.3 Å². The summed E-state index contributed by atoms with van der Waals surface area (Å²) < 4.78 is 31.1. The van der Waals surface area contributed by atoms with Gasteiger partial charge in [0.1, 0.15) is 5.54 Å². The van der Waals surface area contributed by atoms with Crippen molar-refractivity contribution in [3.05, 3.63) is 41.7 Å². The van der Waals surface area contributed by atoms with E-state index in [-0.39, 0.29) is 10.1 Å². The average Bonchev–Trinajstić information content (AvgIpc) is 3.31. The SMILES string of the molecule is N#CC1(NSc2cc(N3CCN(c4cccnn4)CC3)c3cnn(-c4nnc(C(F)F)s4)c3c2)CC1. The van der Waals surface area contributed by atoms with E-state index in [1.165, 1.54) is 11.9 Å². The van der Waals surface area contributed by atoms with Crippen molar-refractivity contribution in [3.63, 3.8) is 0 Å². The van der Waals surface area contributed by atoms with E-state index in [0.717, 1.165) is 77.7 Å². The minimum atomic E-state index is -2.68. The zero-order valence-corrected chi connectivity index (χ0v) is 20.5. The average molecular weight is 527 g/mol. The van der Waals surface area contributed by atoms with E-state index >= 15 is 0 Å². The van der Waals surface area contributed by atoms with Gasteiger partial charge in [0.05, 0.1) is 17.8 Å². The zero-order chi connectivity index (χ0) is 24.7. The molecule has 1 saturated heterocycles. The molecule has 0 bridgehead atoms. The smallest absolute Gasteiger partial charge is 0.291 e. The van der Waals surface area contributed by atoms with Crippen molar-refractivity contribution >= 4 is 45.7 Å². The van der Waals surface area contributed by atoms with Crippen LogP contribution in [0.4, 0.5) is 20.3 Å². The van der Waals surface area contributed by atoms with Gasteiger partial charge in [-0.15, -0.1) is 15.3 Å². The highest BCUT2D eigenvalue weighted by molar-refractivity contribution is 7.97. The molecule has 36 heavy (non-hydrogen) atoms. The monoisotopic (exact) mass is 526 g/mol. The molecule has 4 heterocycles. The first kappa shape index (κ1) is 23.0. The molecule has 0 unspecified atom stereocenters. The maximum Gasteiger partial charge on any atom is 0.291 e. The van der Waals surface area contributed by atoms with E-state index in [1.54, 1.807) is 17.1 Å². The Hall–Kier alpha value is -3.41. The fourth-order valence-corrected chi connectivity index (χ4v) is 5.69. The van der Waals surface area contributed by atoms with Crippen molar-refractivity contribution in [1.82, 2.24) is 34.9 Å². The lowest BCUT2D eigenvalue weighted by Gasteiger charge is -2.36. The van der Waals surface area contributed by atoms with Crippen molar-refractivity contribution in [1.29, 1.82) is 5.26 Å². The van der Waals surface area contributed by atoms with E-state index in [0.29, 0.717) is 0 Å². The molecule has 0 atom stereocenters. The summed E-state index contributed by atoms with van der Waals surface area (Å²) in [5.74, 6) is 0.848. The van der Waals surface area contributed by atoms with E-state index in [9.17, 15) is 14.0 Å². The van der Waals surface area contributed by atoms with Gasteiger partial charge in [0, 0.05) is 48.3 Å². The first-order chi connectivity index (χ1) is 17.5. The molecule has 1 aliphatic heterocycles. The molecule has 10 nitrogen and oxygen atoms in total. The Kier molecular flexibility index (Phi) is 5.90. The van der Waals surface area contributed by atoms with Gasteiger partial charge in [-0.25, -0.2) is 18.2 Å². The Morgan fingerprint density at radius 2 is 1.92 bits per heavy atom. The van der Waals surface area contributed by atoms with Crippen molar-refractivity contribution in [3.8, 4) is 11.2 Å². The van der Waals surface area contributed by atoms with Gasteiger partial charge in [-0.2, -0.15) is 15.5 Å². The van der Waals surface area contributed by atoms with Crippen LogP contribution >= 0.6 is 23.3 Å². The van der Waals surface area contributed by atoms with Crippen LogP contribution in [0.3, 0.4) is 0 Å². The third kappa shape index (κ3) is 4.34. The topological polar surface area (TPSA) is 112 Å². The lowest BCUT2D eigenvalue weighted by atomic mass is 10.1. The number of hydrogen-bond donors (Lipinski definition) is 1. The number of halogens is 2. The largest absolute Gasteiger partial charge is 0.367 e. The van der Waals surface area contributed by atoms with Crippen LogP contribution in [0.5, 0.6) is 0 Å². The van der Waals surface area contributed by atoms with Crippen LogP contribution in [0.25, 0.3) is 16.0 Å². The van der Waals surface area contributed by atoms with Crippen LogP contribution in [-0.2, 0) is 0 Å². The van der Waals surface area contributed by atoms with Gasteiger partial charge < -0.3 is 9.80 Å². The number of aromatic nitrogens is 6. The molecule has 14 heteroatoms. The van der Waals surface area contributed by atoms with Crippen molar-refractivity contribution in [2.24, 2.45) is 0 Å². The second kappa shape index (κ2) is 9.23. The number of benzene rings is 1. The summed E-state index contributed by atoms with van der Waals surface area (Å²) in [5, 5.41) is 30.5.